The summed E-state index contributed by atoms with van der Waals surface area (Å²) < 4.78 is 33.3. The number of amides is 1. The predicted molar refractivity (Wildman–Crippen MR) is 123 cm³/mol. The van der Waals surface area contributed by atoms with Crippen molar-refractivity contribution in [3.8, 4) is 0 Å². The number of benzene rings is 2. The van der Waals surface area contributed by atoms with Crippen molar-refractivity contribution < 1.29 is 22.7 Å². The minimum Gasteiger partial charge on any atom is -0.451 e. The van der Waals surface area contributed by atoms with Crippen LogP contribution in [-0.4, -0.2) is 77.3 Å². The third-order valence-electron chi connectivity index (χ3n) is 5.44. The molecule has 0 saturated carbocycles. The Labute approximate surface area is 197 Å². The van der Waals surface area contributed by atoms with Gasteiger partial charge < -0.3 is 9.64 Å². The van der Waals surface area contributed by atoms with Gasteiger partial charge in [-0.25, -0.2) is 17.9 Å². The van der Waals surface area contributed by atoms with Crippen molar-refractivity contribution in [2.75, 3.05) is 32.8 Å². The van der Waals surface area contributed by atoms with Crippen molar-refractivity contribution >= 4 is 21.9 Å². The van der Waals surface area contributed by atoms with Crippen LogP contribution in [0, 0.1) is 0 Å². The first-order valence-electron chi connectivity index (χ1n) is 10.8. The highest BCUT2D eigenvalue weighted by Crippen LogP contribution is 2.14. The van der Waals surface area contributed by atoms with Crippen molar-refractivity contribution in [2.24, 2.45) is 0 Å². The summed E-state index contributed by atoms with van der Waals surface area (Å²) in [4.78, 5) is 26.2. The molecule has 3 aromatic rings. The SMILES string of the molecule is O=C(OCC(=O)N1CCN(S(=O)(=O)Cc2ccccc2)CC1)c1cn(Cc2ccccc2)nn1. The molecule has 0 spiro atoms. The summed E-state index contributed by atoms with van der Waals surface area (Å²) in [5.74, 6) is -1.20. The number of carbonyl (C=O) groups is 2. The Balaban J connectivity index is 1.23. The monoisotopic (exact) mass is 483 g/mol. The van der Waals surface area contributed by atoms with Gasteiger partial charge in [0.25, 0.3) is 5.91 Å². The average Bonchev–Trinajstić information content (AvgIpc) is 3.32. The molecule has 0 N–H and O–H groups in total. The lowest BCUT2D eigenvalue weighted by Gasteiger charge is -2.33. The summed E-state index contributed by atoms with van der Waals surface area (Å²) in [6, 6.07) is 18.6. The van der Waals surface area contributed by atoms with Gasteiger partial charge in [0.1, 0.15) is 0 Å². The number of sulfonamides is 1. The third-order valence-corrected chi connectivity index (χ3v) is 7.29. The van der Waals surface area contributed by atoms with E-state index in [0.29, 0.717) is 12.1 Å². The second-order valence-corrected chi connectivity index (χ2v) is 9.85. The lowest BCUT2D eigenvalue weighted by Crippen LogP contribution is -2.51. The Kier molecular flexibility index (Phi) is 7.33. The van der Waals surface area contributed by atoms with Gasteiger partial charge in [-0.1, -0.05) is 65.9 Å². The summed E-state index contributed by atoms with van der Waals surface area (Å²) in [6.07, 6.45) is 1.47. The van der Waals surface area contributed by atoms with Gasteiger partial charge in [-0.15, -0.1) is 5.10 Å². The molecule has 4 rings (SSSR count). The van der Waals surface area contributed by atoms with Crippen LogP contribution in [0.4, 0.5) is 0 Å². The summed E-state index contributed by atoms with van der Waals surface area (Å²) in [5, 5.41) is 7.73. The van der Waals surface area contributed by atoms with Crippen LogP contribution >= 0.6 is 0 Å². The number of hydrogen-bond acceptors (Lipinski definition) is 7. The molecule has 2 aromatic carbocycles. The maximum Gasteiger partial charge on any atom is 0.361 e. The Morgan fingerprint density at radius 3 is 2.15 bits per heavy atom. The van der Waals surface area contributed by atoms with E-state index in [1.165, 1.54) is 20.1 Å². The molecule has 1 fully saturated rings. The van der Waals surface area contributed by atoms with Gasteiger partial charge in [0.2, 0.25) is 10.0 Å². The van der Waals surface area contributed by atoms with Crippen molar-refractivity contribution in [2.45, 2.75) is 12.3 Å². The molecule has 2 heterocycles. The molecule has 178 valence electrons. The number of nitrogens with zero attached hydrogens (tertiary/aromatic N) is 5. The van der Waals surface area contributed by atoms with Crippen LogP contribution in [0.3, 0.4) is 0 Å². The predicted octanol–water partition coefficient (Wildman–Crippen LogP) is 1.16. The van der Waals surface area contributed by atoms with Crippen LogP contribution in [0.5, 0.6) is 0 Å². The highest BCUT2D eigenvalue weighted by Gasteiger charge is 2.29. The third kappa shape index (κ3) is 6.06. The highest BCUT2D eigenvalue weighted by atomic mass is 32.2. The maximum atomic E-state index is 12.7. The van der Waals surface area contributed by atoms with E-state index >= 15 is 0 Å². The zero-order valence-electron chi connectivity index (χ0n) is 18.5. The Morgan fingerprint density at radius 1 is 0.882 bits per heavy atom. The summed E-state index contributed by atoms with van der Waals surface area (Å²) >= 11 is 0. The standard InChI is InChI=1S/C23H25N5O5S/c29-22(17-33-23(30)21-16-27(25-24-21)15-19-7-3-1-4-8-19)26-11-13-28(14-12-26)34(31,32)18-20-9-5-2-6-10-20/h1-10,16H,11-15,17-18H2. The minimum absolute atomic E-state index is 0.0144. The molecule has 1 aliphatic heterocycles. The summed E-state index contributed by atoms with van der Waals surface area (Å²) in [6.45, 7) is 0.874. The largest absolute Gasteiger partial charge is 0.451 e. The van der Waals surface area contributed by atoms with Crippen molar-refractivity contribution in [3.63, 3.8) is 0 Å². The Morgan fingerprint density at radius 2 is 1.50 bits per heavy atom. The van der Waals surface area contributed by atoms with Crippen LogP contribution < -0.4 is 0 Å². The first kappa shape index (κ1) is 23.6. The lowest BCUT2D eigenvalue weighted by molar-refractivity contribution is -0.135. The number of aromatic nitrogens is 3. The Hall–Kier alpha value is -3.57. The molecule has 10 nitrogen and oxygen atoms in total. The molecule has 0 aliphatic carbocycles. The molecular weight excluding hydrogens is 458 g/mol. The fourth-order valence-corrected chi connectivity index (χ4v) is 5.14. The topological polar surface area (TPSA) is 115 Å². The average molecular weight is 484 g/mol. The van der Waals surface area contributed by atoms with E-state index in [-0.39, 0.29) is 43.5 Å². The number of ether oxygens (including phenoxy) is 1. The molecule has 34 heavy (non-hydrogen) atoms. The van der Waals surface area contributed by atoms with E-state index in [1.807, 2.05) is 36.4 Å². The molecule has 1 aliphatic rings. The normalized spacial score (nSPS) is 14.6. The molecule has 0 bridgehead atoms. The van der Waals surface area contributed by atoms with Gasteiger partial charge in [0.05, 0.1) is 18.5 Å². The van der Waals surface area contributed by atoms with Gasteiger partial charge in [-0.2, -0.15) is 4.31 Å². The van der Waals surface area contributed by atoms with Gasteiger partial charge in [0, 0.05) is 26.2 Å². The van der Waals surface area contributed by atoms with Crippen LogP contribution in [-0.2, 0) is 31.9 Å². The number of piperazine rings is 1. The van der Waals surface area contributed by atoms with Gasteiger partial charge in [-0.3, -0.25) is 4.79 Å². The van der Waals surface area contributed by atoms with E-state index in [2.05, 4.69) is 10.3 Å². The van der Waals surface area contributed by atoms with Gasteiger partial charge >= 0.3 is 5.97 Å². The van der Waals surface area contributed by atoms with Crippen molar-refractivity contribution in [1.29, 1.82) is 0 Å². The lowest BCUT2D eigenvalue weighted by atomic mass is 10.2. The molecule has 0 atom stereocenters. The highest BCUT2D eigenvalue weighted by molar-refractivity contribution is 7.88. The van der Waals surface area contributed by atoms with Crippen LogP contribution in [0.1, 0.15) is 21.6 Å². The fraction of sp³-hybridized carbons (Fsp3) is 0.304. The zero-order chi connectivity index (χ0) is 24.0. The van der Waals surface area contributed by atoms with Crippen molar-refractivity contribution in [1.82, 2.24) is 24.2 Å². The summed E-state index contributed by atoms with van der Waals surface area (Å²) in [5.41, 5.74) is 1.74. The van der Waals surface area contributed by atoms with Crippen molar-refractivity contribution in [3.05, 3.63) is 83.7 Å². The molecule has 11 heteroatoms. The second kappa shape index (κ2) is 10.6. The molecule has 1 saturated heterocycles. The maximum absolute atomic E-state index is 12.7. The molecular formula is C23H25N5O5S. The molecule has 0 unspecified atom stereocenters. The van der Waals surface area contributed by atoms with Gasteiger partial charge in [-0.05, 0) is 11.1 Å². The number of hydrogen-bond donors (Lipinski definition) is 0. The number of carbonyl (C=O) groups excluding carboxylic acids is 2. The minimum atomic E-state index is -3.48. The van der Waals surface area contributed by atoms with Gasteiger partial charge in [0.15, 0.2) is 12.3 Å². The van der Waals surface area contributed by atoms with E-state index in [4.69, 9.17) is 4.74 Å². The van der Waals surface area contributed by atoms with E-state index in [0.717, 1.165) is 5.56 Å². The molecule has 1 amide bonds. The van der Waals surface area contributed by atoms with E-state index in [9.17, 15) is 18.0 Å². The smallest absolute Gasteiger partial charge is 0.361 e. The van der Waals surface area contributed by atoms with E-state index in [1.54, 1.807) is 24.3 Å². The number of esters is 1. The van der Waals surface area contributed by atoms with E-state index < -0.39 is 22.6 Å². The number of rotatable bonds is 8. The fourth-order valence-electron chi connectivity index (χ4n) is 3.62. The first-order chi connectivity index (χ1) is 16.4. The second-order valence-electron chi connectivity index (χ2n) is 7.88. The zero-order valence-corrected chi connectivity index (χ0v) is 19.3. The summed E-state index contributed by atoms with van der Waals surface area (Å²) in [7, 11) is -3.48. The quantitative estimate of drug-likeness (QED) is 0.442. The molecule has 1 aromatic heterocycles. The molecule has 0 radical (unpaired) electrons. The van der Waals surface area contributed by atoms with Crippen LogP contribution in [0.15, 0.2) is 66.9 Å². The first-order valence-corrected chi connectivity index (χ1v) is 12.4. The van der Waals surface area contributed by atoms with Crippen LogP contribution in [0.2, 0.25) is 0 Å². The Bertz CT molecular complexity index is 1220. The van der Waals surface area contributed by atoms with Crippen LogP contribution in [0.25, 0.3) is 0 Å².